The number of hydrogen-bond acceptors (Lipinski definition) is 1. The van der Waals surface area contributed by atoms with E-state index in [9.17, 15) is 0 Å². The van der Waals surface area contributed by atoms with Crippen molar-refractivity contribution in [1.29, 1.82) is 0 Å². The summed E-state index contributed by atoms with van der Waals surface area (Å²) in [7, 11) is 0. The summed E-state index contributed by atoms with van der Waals surface area (Å²) in [4.78, 5) is 0. The molecule has 1 aliphatic carbocycles. The summed E-state index contributed by atoms with van der Waals surface area (Å²) in [6.45, 7) is 0. The highest BCUT2D eigenvalue weighted by atomic mass is 15.3. The van der Waals surface area contributed by atoms with Crippen LogP contribution in [0.1, 0.15) is 24.4 Å². The second kappa shape index (κ2) is 1.88. The van der Waals surface area contributed by atoms with Crippen LogP contribution in [-0.4, -0.2) is 9.78 Å². The van der Waals surface area contributed by atoms with Crippen molar-refractivity contribution in [2.75, 3.05) is 0 Å². The van der Waals surface area contributed by atoms with Gasteiger partial charge in [0.05, 0.1) is 17.8 Å². The average molecular weight is 132 g/mol. The highest BCUT2D eigenvalue weighted by molar-refractivity contribution is 5.26. The van der Waals surface area contributed by atoms with Gasteiger partial charge in [-0.2, -0.15) is 5.10 Å². The van der Waals surface area contributed by atoms with Gasteiger partial charge in [-0.25, -0.2) is 0 Å². The molecule has 1 fully saturated rings. The van der Waals surface area contributed by atoms with E-state index in [1.54, 1.807) is 6.20 Å². The van der Waals surface area contributed by atoms with Crippen molar-refractivity contribution in [3.63, 3.8) is 0 Å². The summed E-state index contributed by atoms with van der Waals surface area (Å²) < 4.78 is 1.95. The third kappa shape index (κ3) is 0.801. The molecule has 0 N–H and O–H groups in total. The smallest absolute Gasteiger partial charge is 0.0646 e. The summed E-state index contributed by atoms with van der Waals surface area (Å²) in [5.74, 6) is 2.55. The Balaban J connectivity index is 2.29. The second-order valence-electron chi connectivity index (χ2n) is 2.58. The molecule has 0 amide bonds. The van der Waals surface area contributed by atoms with Crippen molar-refractivity contribution in [2.24, 2.45) is 0 Å². The van der Waals surface area contributed by atoms with Crippen LogP contribution in [0.2, 0.25) is 0 Å². The van der Waals surface area contributed by atoms with E-state index < -0.39 is 0 Å². The van der Waals surface area contributed by atoms with E-state index >= 15 is 0 Å². The molecule has 2 nitrogen and oxygen atoms in total. The normalized spacial score (nSPS) is 16.7. The Morgan fingerprint density at radius 2 is 2.50 bits per heavy atom. The van der Waals surface area contributed by atoms with Gasteiger partial charge in [-0.1, -0.05) is 5.92 Å². The van der Waals surface area contributed by atoms with Gasteiger partial charge in [0.25, 0.3) is 0 Å². The van der Waals surface area contributed by atoms with Crippen LogP contribution in [0.3, 0.4) is 0 Å². The molecule has 0 atom stereocenters. The fraction of sp³-hybridized carbons (Fsp3) is 0.375. The van der Waals surface area contributed by atoms with Crippen LogP contribution in [0.15, 0.2) is 12.4 Å². The van der Waals surface area contributed by atoms with E-state index in [-0.39, 0.29) is 0 Å². The molecule has 0 saturated heterocycles. The van der Waals surface area contributed by atoms with E-state index in [1.807, 2.05) is 10.9 Å². The maximum Gasteiger partial charge on any atom is 0.0646 e. The minimum Gasteiger partial charge on any atom is -0.268 e. The summed E-state index contributed by atoms with van der Waals surface area (Å²) in [6, 6.07) is 0.641. The first-order valence-electron chi connectivity index (χ1n) is 3.41. The molecule has 0 aromatic carbocycles. The monoisotopic (exact) mass is 132 g/mol. The Morgan fingerprint density at radius 3 is 3.00 bits per heavy atom. The highest BCUT2D eigenvalue weighted by Crippen LogP contribution is 2.33. The van der Waals surface area contributed by atoms with Gasteiger partial charge in [0.1, 0.15) is 0 Å². The van der Waals surface area contributed by atoms with Crippen molar-refractivity contribution in [3.8, 4) is 12.3 Å². The molecule has 0 aliphatic heterocycles. The quantitative estimate of drug-likeness (QED) is 0.525. The zero-order valence-electron chi connectivity index (χ0n) is 5.62. The van der Waals surface area contributed by atoms with Gasteiger partial charge in [0.2, 0.25) is 0 Å². The van der Waals surface area contributed by atoms with E-state index in [1.165, 1.54) is 12.8 Å². The molecule has 1 aliphatic rings. The maximum absolute atomic E-state index is 5.18. The predicted octanol–water partition coefficient (Wildman–Crippen LogP) is 1.20. The van der Waals surface area contributed by atoms with Gasteiger partial charge in [0.15, 0.2) is 0 Å². The van der Waals surface area contributed by atoms with Crippen molar-refractivity contribution in [2.45, 2.75) is 18.9 Å². The Kier molecular flexibility index (Phi) is 1.04. The van der Waals surface area contributed by atoms with E-state index in [0.29, 0.717) is 6.04 Å². The Labute approximate surface area is 59.9 Å². The molecule has 1 saturated carbocycles. The van der Waals surface area contributed by atoms with Crippen LogP contribution >= 0.6 is 0 Å². The lowest BCUT2D eigenvalue weighted by Crippen LogP contribution is -1.91. The lowest BCUT2D eigenvalue weighted by molar-refractivity contribution is 0.641. The number of aromatic nitrogens is 2. The van der Waals surface area contributed by atoms with Gasteiger partial charge in [-0.15, -0.1) is 6.42 Å². The first-order valence-corrected chi connectivity index (χ1v) is 3.41. The molecular weight excluding hydrogens is 124 g/mol. The standard InChI is InChI=1S/C8H8N2/c1-2-7-5-9-10(6-7)8-3-4-8/h1,5-6,8H,3-4H2. The summed E-state index contributed by atoms with van der Waals surface area (Å²) in [5, 5.41) is 4.12. The lowest BCUT2D eigenvalue weighted by Gasteiger charge is -1.91. The summed E-state index contributed by atoms with van der Waals surface area (Å²) >= 11 is 0. The van der Waals surface area contributed by atoms with Gasteiger partial charge in [-0.3, -0.25) is 4.68 Å². The third-order valence-corrected chi connectivity index (χ3v) is 1.69. The summed E-state index contributed by atoms with van der Waals surface area (Å²) in [6.07, 6.45) is 11.4. The molecule has 50 valence electrons. The number of terminal acetylenes is 1. The van der Waals surface area contributed by atoms with Crippen molar-refractivity contribution in [3.05, 3.63) is 18.0 Å². The first kappa shape index (κ1) is 5.55. The van der Waals surface area contributed by atoms with Crippen LogP contribution in [0.5, 0.6) is 0 Å². The van der Waals surface area contributed by atoms with E-state index in [4.69, 9.17) is 6.42 Å². The topological polar surface area (TPSA) is 17.8 Å². The molecule has 0 spiro atoms. The Hall–Kier alpha value is -1.23. The average Bonchev–Trinajstić information content (AvgIpc) is 2.70. The van der Waals surface area contributed by atoms with Gasteiger partial charge in [0, 0.05) is 6.20 Å². The minimum absolute atomic E-state index is 0.641. The molecule has 1 aromatic heterocycles. The largest absolute Gasteiger partial charge is 0.268 e. The van der Waals surface area contributed by atoms with Crippen molar-refractivity contribution in [1.82, 2.24) is 9.78 Å². The SMILES string of the molecule is C#Cc1cnn(C2CC2)c1. The zero-order valence-corrected chi connectivity index (χ0v) is 5.62. The third-order valence-electron chi connectivity index (χ3n) is 1.69. The maximum atomic E-state index is 5.18. The fourth-order valence-electron chi connectivity index (χ4n) is 0.951. The zero-order chi connectivity index (χ0) is 6.97. The first-order chi connectivity index (χ1) is 4.90. The predicted molar refractivity (Wildman–Crippen MR) is 38.4 cm³/mol. The molecule has 2 heteroatoms. The highest BCUT2D eigenvalue weighted by Gasteiger charge is 2.23. The number of nitrogens with zero attached hydrogens (tertiary/aromatic N) is 2. The molecule has 0 radical (unpaired) electrons. The Bertz CT molecular complexity index is 276. The van der Waals surface area contributed by atoms with Crippen LogP contribution in [-0.2, 0) is 0 Å². The molecule has 0 unspecified atom stereocenters. The molecule has 1 aromatic rings. The summed E-state index contributed by atoms with van der Waals surface area (Å²) in [5.41, 5.74) is 0.881. The molecule has 10 heavy (non-hydrogen) atoms. The van der Waals surface area contributed by atoms with Crippen LogP contribution < -0.4 is 0 Å². The molecule has 1 heterocycles. The number of hydrogen-bond donors (Lipinski definition) is 0. The molecule has 0 bridgehead atoms. The Morgan fingerprint density at radius 1 is 1.70 bits per heavy atom. The van der Waals surface area contributed by atoms with Crippen molar-refractivity contribution < 1.29 is 0 Å². The van der Waals surface area contributed by atoms with Crippen LogP contribution in [0.4, 0.5) is 0 Å². The van der Waals surface area contributed by atoms with Gasteiger partial charge >= 0.3 is 0 Å². The minimum atomic E-state index is 0.641. The molecule has 2 rings (SSSR count). The van der Waals surface area contributed by atoms with Crippen LogP contribution in [0.25, 0.3) is 0 Å². The van der Waals surface area contributed by atoms with Gasteiger partial charge in [-0.05, 0) is 12.8 Å². The lowest BCUT2D eigenvalue weighted by atomic mass is 10.4. The van der Waals surface area contributed by atoms with Gasteiger partial charge < -0.3 is 0 Å². The number of rotatable bonds is 1. The van der Waals surface area contributed by atoms with E-state index in [0.717, 1.165) is 5.56 Å². The van der Waals surface area contributed by atoms with Crippen molar-refractivity contribution >= 4 is 0 Å². The fourth-order valence-corrected chi connectivity index (χ4v) is 0.951. The van der Waals surface area contributed by atoms with Crippen LogP contribution in [0, 0.1) is 12.3 Å². The molecular formula is C8H8N2. The van der Waals surface area contributed by atoms with E-state index in [2.05, 4.69) is 11.0 Å². The second-order valence-corrected chi connectivity index (χ2v) is 2.58.